The zero-order valence-corrected chi connectivity index (χ0v) is 11.4. The number of pyridine rings is 1. The molecule has 2 heterocycles. The molecule has 0 aliphatic carbocycles. The van der Waals surface area contributed by atoms with E-state index in [9.17, 15) is 4.79 Å². The fraction of sp³-hybridized carbons (Fsp3) is 0.429. The Bertz CT molecular complexity index is 502. The summed E-state index contributed by atoms with van der Waals surface area (Å²) in [6.45, 7) is -0.227. The van der Waals surface area contributed by atoms with E-state index in [1.165, 1.54) is 5.75 Å². The quantitative estimate of drug-likeness (QED) is 0.793. The van der Waals surface area contributed by atoms with Gasteiger partial charge in [-0.25, -0.2) is 0 Å². The SMILES string of the molecule is O=C(NC1CCCSC1)c1ccncc1C#CCO. The van der Waals surface area contributed by atoms with Crippen molar-refractivity contribution in [2.24, 2.45) is 0 Å². The summed E-state index contributed by atoms with van der Waals surface area (Å²) in [5.74, 6) is 7.33. The Morgan fingerprint density at radius 2 is 2.53 bits per heavy atom. The van der Waals surface area contributed by atoms with Crippen molar-refractivity contribution >= 4 is 17.7 Å². The normalized spacial score (nSPS) is 18.3. The molecule has 1 aliphatic heterocycles. The van der Waals surface area contributed by atoms with Crippen LogP contribution in [0.3, 0.4) is 0 Å². The first-order chi connectivity index (χ1) is 9.31. The number of carbonyl (C=O) groups is 1. The molecule has 1 aromatic rings. The molecule has 0 spiro atoms. The maximum absolute atomic E-state index is 12.2. The van der Waals surface area contributed by atoms with Crippen LogP contribution in [0.2, 0.25) is 0 Å². The largest absolute Gasteiger partial charge is 0.384 e. The van der Waals surface area contributed by atoms with E-state index in [1.807, 2.05) is 11.8 Å². The third kappa shape index (κ3) is 3.98. The van der Waals surface area contributed by atoms with E-state index in [4.69, 9.17) is 5.11 Å². The van der Waals surface area contributed by atoms with Gasteiger partial charge in [0.15, 0.2) is 0 Å². The monoisotopic (exact) mass is 276 g/mol. The average Bonchev–Trinajstić information content (AvgIpc) is 2.46. The van der Waals surface area contributed by atoms with Crippen LogP contribution in [0.1, 0.15) is 28.8 Å². The highest BCUT2D eigenvalue weighted by atomic mass is 32.2. The smallest absolute Gasteiger partial charge is 0.252 e. The minimum absolute atomic E-state index is 0.114. The summed E-state index contributed by atoms with van der Waals surface area (Å²) in [7, 11) is 0. The zero-order valence-electron chi connectivity index (χ0n) is 10.6. The minimum Gasteiger partial charge on any atom is -0.384 e. The second kappa shape index (κ2) is 7.17. The van der Waals surface area contributed by atoms with E-state index in [-0.39, 0.29) is 18.6 Å². The number of hydrogen-bond donors (Lipinski definition) is 2. The van der Waals surface area contributed by atoms with Crippen molar-refractivity contribution in [3.05, 3.63) is 29.6 Å². The molecule has 1 unspecified atom stereocenters. The van der Waals surface area contributed by atoms with Gasteiger partial charge >= 0.3 is 0 Å². The van der Waals surface area contributed by atoms with E-state index in [0.717, 1.165) is 18.6 Å². The van der Waals surface area contributed by atoms with E-state index in [2.05, 4.69) is 22.1 Å². The lowest BCUT2D eigenvalue weighted by Gasteiger charge is -2.22. The number of aliphatic hydroxyl groups excluding tert-OH is 1. The van der Waals surface area contributed by atoms with Crippen molar-refractivity contribution in [1.82, 2.24) is 10.3 Å². The van der Waals surface area contributed by atoms with Crippen LogP contribution >= 0.6 is 11.8 Å². The van der Waals surface area contributed by atoms with Crippen LogP contribution in [-0.2, 0) is 0 Å². The van der Waals surface area contributed by atoms with Crippen LogP contribution in [0.25, 0.3) is 0 Å². The molecule has 0 saturated carbocycles. The van der Waals surface area contributed by atoms with Crippen molar-refractivity contribution < 1.29 is 9.90 Å². The minimum atomic E-state index is -0.227. The lowest BCUT2D eigenvalue weighted by molar-refractivity contribution is 0.0938. The molecule has 1 fully saturated rings. The fourth-order valence-electron chi connectivity index (χ4n) is 1.94. The Balaban J connectivity index is 2.09. The van der Waals surface area contributed by atoms with Gasteiger partial charge in [-0.3, -0.25) is 9.78 Å². The number of nitrogens with zero attached hydrogens (tertiary/aromatic N) is 1. The Labute approximate surface area is 117 Å². The third-order valence-electron chi connectivity index (χ3n) is 2.86. The molecule has 100 valence electrons. The van der Waals surface area contributed by atoms with Crippen LogP contribution in [0, 0.1) is 11.8 Å². The predicted octanol–water partition coefficient (Wildman–Crippen LogP) is 1.05. The van der Waals surface area contributed by atoms with Crippen molar-refractivity contribution in [3.63, 3.8) is 0 Å². The lowest BCUT2D eigenvalue weighted by atomic mass is 10.1. The third-order valence-corrected chi connectivity index (χ3v) is 4.08. The Morgan fingerprint density at radius 3 is 3.26 bits per heavy atom. The van der Waals surface area contributed by atoms with Gasteiger partial charge < -0.3 is 10.4 Å². The van der Waals surface area contributed by atoms with Crippen LogP contribution in [0.4, 0.5) is 0 Å². The first-order valence-electron chi connectivity index (χ1n) is 6.23. The highest BCUT2D eigenvalue weighted by Crippen LogP contribution is 2.17. The molecule has 1 aromatic heterocycles. The Kier molecular flexibility index (Phi) is 5.25. The molecule has 19 heavy (non-hydrogen) atoms. The summed E-state index contributed by atoms with van der Waals surface area (Å²) in [4.78, 5) is 16.2. The highest BCUT2D eigenvalue weighted by molar-refractivity contribution is 7.99. The summed E-state index contributed by atoms with van der Waals surface area (Å²) in [6.07, 6.45) is 5.30. The highest BCUT2D eigenvalue weighted by Gasteiger charge is 2.18. The molecular formula is C14H16N2O2S. The summed E-state index contributed by atoms with van der Waals surface area (Å²) in [5, 5.41) is 11.8. The molecule has 1 aliphatic rings. The van der Waals surface area contributed by atoms with Crippen LogP contribution < -0.4 is 5.32 Å². The number of rotatable bonds is 2. The van der Waals surface area contributed by atoms with Gasteiger partial charge in [-0.1, -0.05) is 11.8 Å². The number of aliphatic hydroxyl groups is 1. The molecule has 4 nitrogen and oxygen atoms in total. The topological polar surface area (TPSA) is 62.2 Å². The predicted molar refractivity (Wildman–Crippen MR) is 76.0 cm³/mol. The van der Waals surface area contributed by atoms with Crippen LogP contribution in [0.5, 0.6) is 0 Å². The number of nitrogens with one attached hydrogen (secondary N) is 1. The van der Waals surface area contributed by atoms with Crippen molar-refractivity contribution in [3.8, 4) is 11.8 Å². The first kappa shape index (κ1) is 13.9. The molecule has 2 rings (SSSR count). The lowest BCUT2D eigenvalue weighted by Crippen LogP contribution is -2.38. The summed E-state index contributed by atoms with van der Waals surface area (Å²) in [6, 6.07) is 1.89. The number of hydrogen-bond acceptors (Lipinski definition) is 4. The average molecular weight is 276 g/mol. The van der Waals surface area contributed by atoms with Gasteiger partial charge in [-0.05, 0) is 24.7 Å². The molecule has 5 heteroatoms. The molecule has 1 amide bonds. The van der Waals surface area contributed by atoms with E-state index in [0.29, 0.717) is 11.1 Å². The summed E-state index contributed by atoms with van der Waals surface area (Å²) < 4.78 is 0. The molecule has 1 saturated heterocycles. The first-order valence-corrected chi connectivity index (χ1v) is 7.39. The van der Waals surface area contributed by atoms with Gasteiger partial charge in [0.1, 0.15) is 6.61 Å². The second-order valence-corrected chi connectivity index (χ2v) is 5.42. The molecule has 1 atom stereocenters. The fourth-order valence-corrected chi connectivity index (χ4v) is 3.02. The number of amides is 1. The number of thioether (sulfide) groups is 1. The number of carbonyl (C=O) groups excluding carboxylic acids is 1. The van der Waals surface area contributed by atoms with Gasteiger partial charge in [0.05, 0.1) is 11.1 Å². The molecule has 0 aromatic carbocycles. The zero-order chi connectivity index (χ0) is 13.5. The summed E-state index contributed by atoms with van der Waals surface area (Å²) in [5.41, 5.74) is 1.07. The van der Waals surface area contributed by atoms with E-state index < -0.39 is 0 Å². The maximum atomic E-state index is 12.2. The Morgan fingerprint density at radius 1 is 1.63 bits per heavy atom. The van der Waals surface area contributed by atoms with Crippen LogP contribution in [0.15, 0.2) is 18.5 Å². The standard InChI is InChI=1S/C14H16N2O2S/c17-7-1-3-11-9-15-6-5-13(11)14(18)16-12-4-2-8-19-10-12/h5-6,9,12,17H,2,4,7-8,10H2,(H,16,18). The molecule has 0 bridgehead atoms. The second-order valence-electron chi connectivity index (χ2n) is 4.27. The van der Waals surface area contributed by atoms with E-state index >= 15 is 0 Å². The van der Waals surface area contributed by atoms with Gasteiger partial charge in [0, 0.05) is 24.2 Å². The molecular weight excluding hydrogens is 260 g/mol. The van der Waals surface area contributed by atoms with Crippen molar-refractivity contribution in [2.45, 2.75) is 18.9 Å². The van der Waals surface area contributed by atoms with Gasteiger partial charge in [-0.15, -0.1) is 0 Å². The summed E-state index contributed by atoms with van der Waals surface area (Å²) >= 11 is 1.87. The van der Waals surface area contributed by atoms with Gasteiger partial charge in [-0.2, -0.15) is 11.8 Å². The van der Waals surface area contributed by atoms with Gasteiger partial charge in [0.2, 0.25) is 0 Å². The van der Waals surface area contributed by atoms with E-state index in [1.54, 1.807) is 18.5 Å². The molecule has 2 N–H and O–H groups in total. The molecule has 0 radical (unpaired) electrons. The maximum Gasteiger partial charge on any atom is 0.252 e. The van der Waals surface area contributed by atoms with Crippen molar-refractivity contribution in [1.29, 1.82) is 0 Å². The van der Waals surface area contributed by atoms with Crippen molar-refractivity contribution in [2.75, 3.05) is 18.1 Å². The van der Waals surface area contributed by atoms with Crippen LogP contribution in [-0.4, -0.2) is 40.2 Å². The number of aromatic nitrogens is 1. The van der Waals surface area contributed by atoms with Gasteiger partial charge in [0.25, 0.3) is 5.91 Å². The Hall–Kier alpha value is -1.51.